The minimum atomic E-state index is -0.223. The molecule has 1 aromatic heterocycles. The molecule has 6 heteroatoms. The summed E-state index contributed by atoms with van der Waals surface area (Å²) in [7, 11) is 0. The molecule has 1 aromatic carbocycles. The monoisotopic (exact) mass is 357 g/mol. The van der Waals surface area contributed by atoms with Gasteiger partial charge in [-0.3, -0.25) is 9.59 Å². The fraction of sp³-hybridized carbons (Fsp3) is 0.550. The highest BCUT2D eigenvalue weighted by molar-refractivity contribution is 5.83. The molecule has 0 spiro atoms. The summed E-state index contributed by atoms with van der Waals surface area (Å²) >= 11 is 0. The summed E-state index contributed by atoms with van der Waals surface area (Å²) in [5.74, 6) is -0.159. The summed E-state index contributed by atoms with van der Waals surface area (Å²) in [5, 5.41) is 11.3. The molecule has 6 nitrogen and oxygen atoms in total. The molecule has 3 N–H and O–H groups in total. The smallest absolute Gasteiger partial charge is 0.275 e. The van der Waals surface area contributed by atoms with Gasteiger partial charge in [-0.2, -0.15) is 5.10 Å². The van der Waals surface area contributed by atoms with E-state index in [1.165, 1.54) is 4.68 Å². The first-order valence-corrected chi connectivity index (χ1v) is 9.19. The van der Waals surface area contributed by atoms with Crippen molar-refractivity contribution in [2.45, 2.75) is 71.1 Å². The van der Waals surface area contributed by atoms with Crippen molar-refractivity contribution in [1.82, 2.24) is 15.1 Å². The van der Waals surface area contributed by atoms with Crippen molar-refractivity contribution < 1.29 is 10.1 Å². The molecular formula is C20H29N4O2+. The molecule has 1 aliphatic rings. The standard InChI is InChI=1S/C20H28N4O2/c1-13-15-8-6-7-9-16(15)18(26)24(22-13)12-17(25)21-14-10-19(2,3)23-20(4,5)11-14/h6-9,14,23H,10-12H2,1-5H3,(H,21,25)/p+1. The maximum absolute atomic E-state index is 12.6. The number of benzene rings is 1. The lowest BCUT2D eigenvalue weighted by Gasteiger charge is -2.43. The van der Waals surface area contributed by atoms with Crippen molar-refractivity contribution in [1.29, 1.82) is 0 Å². The molecule has 0 aliphatic carbocycles. The first kappa shape index (κ1) is 18.6. The lowest BCUT2D eigenvalue weighted by molar-refractivity contribution is -0.787. The van der Waals surface area contributed by atoms with Gasteiger partial charge in [-0.15, -0.1) is 0 Å². The van der Waals surface area contributed by atoms with Gasteiger partial charge in [0.1, 0.15) is 6.54 Å². The van der Waals surface area contributed by atoms with Crippen molar-refractivity contribution >= 4 is 16.7 Å². The SMILES string of the molecule is Cc1nn(CC(=O)NC2CC(C)(C)[NH2+]C(C)(C)C2)c(=O)c2ccccc12. The molecule has 0 bridgehead atoms. The van der Waals surface area contributed by atoms with Crippen LogP contribution in [0.25, 0.3) is 10.8 Å². The van der Waals surface area contributed by atoms with Crippen molar-refractivity contribution in [3.8, 4) is 0 Å². The van der Waals surface area contributed by atoms with E-state index >= 15 is 0 Å². The molecule has 3 rings (SSSR count). The maximum Gasteiger partial charge on any atom is 0.275 e. The number of nitrogens with one attached hydrogen (secondary N) is 1. The van der Waals surface area contributed by atoms with Crippen LogP contribution in [0.1, 0.15) is 46.2 Å². The van der Waals surface area contributed by atoms with E-state index in [1.54, 1.807) is 6.07 Å². The Labute approximate surface area is 154 Å². The van der Waals surface area contributed by atoms with E-state index in [-0.39, 0.29) is 35.1 Å². The number of nitrogens with two attached hydrogens (primary N) is 1. The van der Waals surface area contributed by atoms with Crippen LogP contribution in [0.4, 0.5) is 0 Å². The molecule has 2 aromatic rings. The molecule has 1 aliphatic heterocycles. The average Bonchev–Trinajstić information content (AvgIpc) is 2.49. The second-order valence-corrected chi connectivity index (χ2v) is 8.89. The number of hydrogen-bond acceptors (Lipinski definition) is 3. The van der Waals surface area contributed by atoms with Crippen LogP contribution in [0.3, 0.4) is 0 Å². The van der Waals surface area contributed by atoms with Gasteiger partial charge in [-0.25, -0.2) is 4.68 Å². The molecule has 2 heterocycles. The van der Waals surface area contributed by atoms with E-state index in [0.717, 1.165) is 23.9 Å². The highest BCUT2D eigenvalue weighted by Crippen LogP contribution is 2.21. The van der Waals surface area contributed by atoms with Crippen LogP contribution < -0.4 is 16.2 Å². The highest BCUT2D eigenvalue weighted by atomic mass is 16.2. The van der Waals surface area contributed by atoms with Gasteiger partial charge in [0.25, 0.3) is 5.56 Å². The summed E-state index contributed by atoms with van der Waals surface area (Å²) in [6.45, 7) is 10.6. The first-order valence-electron chi connectivity index (χ1n) is 9.19. The summed E-state index contributed by atoms with van der Waals surface area (Å²) in [4.78, 5) is 25.2. The first-order chi connectivity index (χ1) is 12.1. The van der Waals surface area contributed by atoms with Crippen LogP contribution in [-0.2, 0) is 11.3 Å². The number of carbonyl (C=O) groups is 1. The lowest BCUT2D eigenvalue weighted by atomic mass is 9.79. The van der Waals surface area contributed by atoms with Crippen molar-refractivity contribution in [2.75, 3.05) is 0 Å². The van der Waals surface area contributed by atoms with Crippen LogP contribution >= 0.6 is 0 Å². The number of rotatable bonds is 3. The van der Waals surface area contributed by atoms with Gasteiger partial charge in [-0.05, 0) is 40.7 Å². The number of aromatic nitrogens is 2. The van der Waals surface area contributed by atoms with Crippen molar-refractivity contribution in [3.63, 3.8) is 0 Å². The van der Waals surface area contributed by atoms with Gasteiger partial charge >= 0.3 is 0 Å². The Morgan fingerprint density at radius 3 is 2.38 bits per heavy atom. The third kappa shape index (κ3) is 3.96. The van der Waals surface area contributed by atoms with Crippen LogP contribution in [0.2, 0.25) is 0 Å². The Kier molecular flexibility index (Phi) is 4.65. The molecular weight excluding hydrogens is 328 g/mol. The average molecular weight is 357 g/mol. The van der Waals surface area contributed by atoms with E-state index in [2.05, 4.69) is 43.4 Å². The summed E-state index contributed by atoms with van der Waals surface area (Å²) in [6, 6.07) is 7.48. The summed E-state index contributed by atoms with van der Waals surface area (Å²) in [6.07, 6.45) is 1.81. The van der Waals surface area contributed by atoms with Crippen LogP contribution in [0.15, 0.2) is 29.1 Å². The zero-order chi connectivity index (χ0) is 19.1. The second kappa shape index (κ2) is 6.50. The Balaban J connectivity index is 1.78. The Hall–Kier alpha value is -2.21. The molecule has 1 amide bonds. The molecule has 26 heavy (non-hydrogen) atoms. The van der Waals surface area contributed by atoms with E-state index in [0.29, 0.717) is 5.39 Å². The topological polar surface area (TPSA) is 80.6 Å². The molecule has 1 fully saturated rings. The Bertz CT molecular complexity index is 882. The lowest BCUT2D eigenvalue weighted by Crippen LogP contribution is -3.06. The second-order valence-electron chi connectivity index (χ2n) is 8.89. The van der Waals surface area contributed by atoms with Gasteiger partial charge < -0.3 is 10.6 Å². The summed E-state index contributed by atoms with van der Waals surface area (Å²) < 4.78 is 1.28. The number of carbonyl (C=O) groups excluding carboxylic acids is 1. The number of fused-ring (bicyclic) bond motifs is 1. The normalized spacial score (nSPS) is 19.4. The van der Waals surface area contributed by atoms with E-state index < -0.39 is 0 Å². The molecule has 1 saturated heterocycles. The maximum atomic E-state index is 12.6. The van der Waals surface area contributed by atoms with Gasteiger partial charge in [0, 0.05) is 24.3 Å². The fourth-order valence-electron chi connectivity index (χ4n) is 4.54. The number of piperidine rings is 1. The van der Waals surface area contributed by atoms with Gasteiger partial charge in [0.15, 0.2) is 0 Å². The third-order valence-electron chi connectivity index (χ3n) is 5.04. The van der Waals surface area contributed by atoms with Crippen LogP contribution in [0, 0.1) is 6.92 Å². The number of aryl methyl sites for hydroxylation is 1. The van der Waals surface area contributed by atoms with Gasteiger partial charge in [0.2, 0.25) is 5.91 Å². The predicted octanol–water partition coefficient (Wildman–Crippen LogP) is 1.10. The molecule has 0 atom stereocenters. The van der Waals surface area contributed by atoms with Crippen molar-refractivity contribution in [3.05, 3.63) is 40.3 Å². The summed E-state index contributed by atoms with van der Waals surface area (Å²) in [5.41, 5.74) is 0.685. The number of amides is 1. The predicted molar refractivity (Wildman–Crippen MR) is 102 cm³/mol. The third-order valence-corrected chi connectivity index (χ3v) is 5.04. The van der Waals surface area contributed by atoms with Gasteiger partial charge in [0.05, 0.1) is 22.2 Å². The van der Waals surface area contributed by atoms with E-state index in [9.17, 15) is 9.59 Å². The van der Waals surface area contributed by atoms with Crippen molar-refractivity contribution in [2.24, 2.45) is 0 Å². The van der Waals surface area contributed by atoms with Gasteiger partial charge in [-0.1, -0.05) is 18.2 Å². The number of quaternary nitrogens is 1. The number of nitrogens with zero attached hydrogens (tertiary/aromatic N) is 2. The van der Waals surface area contributed by atoms with Crippen LogP contribution in [0.5, 0.6) is 0 Å². The minimum absolute atomic E-state index is 0.0500. The zero-order valence-corrected chi connectivity index (χ0v) is 16.3. The van der Waals surface area contributed by atoms with E-state index in [1.807, 2.05) is 25.1 Å². The highest BCUT2D eigenvalue weighted by Gasteiger charge is 2.42. The fourth-order valence-corrected chi connectivity index (χ4v) is 4.54. The van der Waals surface area contributed by atoms with E-state index in [4.69, 9.17) is 0 Å². The molecule has 0 unspecified atom stereocenters. The molecule has 140 valence electrons. The largest absolute Gasteiger partial charge is 0.351 e. The Morgan fingerprint density at radius 1 is 1.19 bits per heavy atom. The van der Waals surface area contributed by atoms with Crippen LogP contribution in [-0.4, -0.2) is 32.8 Å². The minimum Gasteiger partial charge on any atom is -0.351 e. The molecule has 0 saturated carbocycles. The quantitative estimate of drug-likeness (QED) is 0.863. The Morgan fingerprint density at radius 2 is 1.77 bits per heavy atom. The zero-order valence-electron chi connectivity index (χ0n) is 16.3. The number of hydrogen-bond donors (Lipinski definition) is 2. The molecule has 0 radical (unpaired) electrons.